The van der Waals surface area contributed by atoms with Crippen LogP contribution in [0.4, 0.5) is 5.69 Å². The van der Waals surface area contributed by atoms with Crippen LogP contribution in [0.15, 0.2) is 75.9 Å². The van der Waals surface area contributed by atoms with Crippen LogP contribution in [-0.2, 0) is 0 Å². The van der Waals surface area contributed by atoms with Crippen molar-refractivity contribution in [3.05, 3.63) is 93.3 Å². The number of amides is 1. The summed E-state index contributed by atoms with van der Waals surface area (Å²) in [5.74, 6) is -0.0624. The van der Waals surface area contributed by atoms with Crippen LogP contribution >= 0.6 is 11.6 Å². The van der Waals surface area contributed by atoms with Gasteiger partial charge in [-0.3, -0.25) is 4.79 Å². The van der Waals surface area contributed by atoms with E-state index in [9.17, 15) is 9.59 Å². The highest BCUT2D eigenvalue weighted by atomic mass is 35.5. The van der Waals surface area contributed by atoms with Crippen molar-refractivity contribution < 1.29 is 9.21 Å². The van der Waals surface area contributed by atoms with E-state index in [4.69, 9.17) is 16.0 Å². The predicted octanol–water partition coefficient (Wildman–Crippen LogP) is 5.07. The molecule has 1 N–H and O–H groups in total. The van der Waals surface area contributed by atoms with Gasteiger partial charge in [0.05, 0.1) is 21.5 Å². The van der Waals surface area contributed by atoms with Crippen LogP contribution in [0.5, 0.6) is 0 Å². The van der Waals surface area contributed by atoms with E-state index in [0.29, 0.717) is 32.7 Å². The molecule has 0 aliphatic rings. The average Bonchev–Trinajstić information content (AvgIpc) is 2.69. The Bertz CT molecular complexity index is 1260. The lowest BCUT2D eigenvalue weighted by atomic mass is 10.1. The zero-order valence-electron chi connectivity index (χ0n) is 14.9. The molecule has 0 radical (unpaired) electrons. The Morgan fingerprint density at radius 1 is 1.04 bits per heavy atom. The number of carbonyl (C=O) groups is 1. The maximum Gasteiger partial charge on any atom is 0.347 e. The number of benzene rings is 3. The van der Waals surface area contributed by atoms with Crippen molar-refractivity contribution in [2.24, 2.45) is 0 Å². The second kappa shape index (κ2) is 7.29. The van der Waals surface area contributed by atoms with Gasteiger partial charge < -0.3 is 9.73 Å². The van der Waals surface area contributed by atoms with Gasteiger partial charge in [-0.15, -0.1) is 0 Å². The van der Waals surface area contributed by atoms with E-state index in [1.807, 2.05) is 19.1 Å². The van der Waals surface area contributed by atoms with Gasteiger partial charge in [-0.2, -0.15) is 0 Å². The Hall–Kier alpha value is -3.44. The Morgan fingerprint density at radius 2 is 1.79 bits per heavy atom. The number of para-hydroxylation sites is 1. The van der Waals surface area contributed by atoms with E-state index >= 15 is 0 Å². The predicted molar refractivity (Wildman–Crippen MR) is 110 cm³/mol. The molecule has 0 aliphatic carbocycles. The van der Waals surface area contributed by atoms with Gasteiger partial charge in [0.1, 0.15) is 0 Å². The first-order chi connectivity index (χ1) is 13.5. The molecule has 0 saturated carbocycles. The number of aryl methyl sites for hydroxylation is 1. The molecule has 4 rings (SSSR count). The zero-order valence-corrected chi connectivity index (χ0v) is 15.7. The van der Waals surface area contributed by atoms with Gasteiger partial charge in [-0.05, 0) is 55.0 Å². The van der Waals surface area contributed by atoms with Gasteiger partial charge in [0.15, 0.2) is 0 Å². The fraction of sp³-hybridized carbons (Fsp3) is 0.0455. The van der Waals surface area contributed by atoms with Gasteiger partial charge in [0, 0.05) is 11.3 Å². The Kier molecular flexibility index (Phi) is 4.67. The Balaban J connectivity index is 1.66. The number of halogens is 1. The number of hydrogen-bond acceptors (Lipinski definition) is 4. The highest BCUT2D eigenvalue weighted by molar-refractivity contribution is 6.34. The van der Waals surface area contributed by atoms with Crippen LogP contribution in [0.25, 0.3) is 22.4 Å². The Labute approximate surface area is 165 Å². The molecule has 28 heavy (non-hydrogen) atoms. The monoisotopic (exact) mass is 390 g/mol. The van der Waals surface area contributed by atoms with Gasteiger partial charge >= 0.3 is 5.63 Å². The summed E-state index contributed by atoms with van der Waals surface area (Å²) in [7, 11) is 0. The SMILES string of the molecule is Cc1cc(-c2nc3ccccc3c(=O)o2)ccc1NC(=O)c1ccccc1Cl. The first kappa shape index (κ1) is 17.9. The number of nitrogens with zero attached hydrogens (tertiary/aromatic N) is 1. The standard InChI is InChI=1S/C22H15ClN2O3/c1-13-12-14(21-25-19-9-5-3-7-16(19)22(27)28-21)10-11-18(13)24-20(26)15-6-2-4-8-17(15)23/h2-12H,1H3,(H,24,26). The summed E-state index contributed by atoms with van der Waals surface area (Å²) >= 11 is 6.08. The van der Waals surface area contributed by atoms with Crippen molar-refractivity contribution in [3.63, 3.8) is 0 Å². The summed E-state index contributed by atoms with van der Waals surface area (Å²) in [6, 6.07) is 19.2. The maximum absolute atomic E-state index is 12.5. The lowest BCUT2D eigenvalue weighted by Crippen LogP contribution is -2.13. The topological polar surface area (TPSA) is 72.2 Å². The van der Waals surface area contributed by atoms with Crippen molar-refractivity contribution >= 4 is 34.1 Å². The number of nitrogens with one attached hydrogen (secondary N) is 1. The Morgan fingerprint density at radius 3 is 2.57 bits per heavy atom. The van der Waals surface area contributed by atoms with Crippen LogP contribution in [0.1, 0.15) is 15.9 Å². The lowest BCUT2D eigenvalue weighted by molar-refractivity contribution is 0.102. The van der Waals surface area contributed by atoms with Gasteiger partial charge in [-0.1, -0.05) is 35.9 Å². The fourth-order valence-corrected chi connectivity index (χ4v) is 3.14. The van der Waals surface area contributed by atoms with Gasteiger partial charge in [-0.25, -0.2) is 9.78 Å². The highest BCUT2D eigenvalue weighted by Crippen LogP contribution is 2.25. The maximum atomic E-state index is 12.5. The number of carbonyl (C=O) groups excluding carboxylic acids is 1. The number of hydrogen-bond donors (Lipinski definition) is 1. The summed E-state index contributed by atoms with van der Waals surface area (Å²) in [4.78, 5) is 29.1. The number of fused-ring (bicyclic) bond motifs is 1. The molecule has 0 saturated heterocycles. The molecule has 0 fully saturated rings. The van der Waals surface area contributed by atoms with Gasteiger partial charge in [0.2, 0.25) is 5.89 Å². The molecular weight excluding hydrogens is 376 g/mol. The largest absolute Gasteiger partial charge is 0.403 e. The summed E-state index contributed by atoms with van der Waals surface area (Å²) in [5, 5.41) is 3.67. The molecular formula is C22H15ClN2O3. The third-order valence-electron chi connectivity index (χ3n) is 4.38. The minimum atomic E-state index is -0.436. The molecule has 1 amide bonds. The fourth-order valence-electron chi connectivity index (χ4n) is 2.91. The van der Waals surface area contributed by atoms with Crippen LogP contribution in [0.2, 0.25) is 5.02 Å². The van der Waals surface area contributed by atoms with Crippen LogP contribution in [0, 0.1) is 6.92 Å². The molecule has 1 aromatic heterocycles. The van der Waals surface area contributed by atoms with E-state index in [1.54, 1.807) is 54.6 Å². The summed E-state index contributed by atoms with van der Waals surface area (Å²) < 4.78 is 5.37. The molecule has 0 spiro atoms. The first-order valence-electron chi connectivity index (χ1n) is 8.60. The van der Waals surface area contributed by atoms with E-state index < -0.39 is 5.63 Å². The van der Waals surface area contributed by atoms with Crippen molar-refractivity contribution in [1.82, 2.24) is 4.98 Å². The molecule has 6 heteroatoms. The highest BCUT2D eigenvalue weighted by Gasteiger charge is 2.13. The lowest BCUT2D eigenvalue weighted by Gasteiger charge is -2.11. The van der Waals surface area contributed by atoms with Gasteiger partial charge in [0.25, 0.3) is 5.91 Å². The summed E-state index contributed by atoms with van der Waals surface area (Å²) in [6.45, 7) is 1.85. The summed E-state index contributed by atoms with van der Waals surface area (Å²) in [6.07, 6.45) is 0. The molecule has 1 heterocycles. The third-order valence-corrected chi connectivity index (χ3v) is 4.70. The third kappa shape index (κ3) is 3.40. The molecule has 0 unspecified atom stereocenters. The molecule has 0 atom stereocenters. The summed E-state index contributed by atoms with van der Waals surface area (Å²) in [5.41, 5.74) is 2.62. The van der Waals surface area contributed by atoms with Crippen LogP contribution in [-0.4, -0.2) is 10.9 Å². The minimum Gasteiger partial charge on any atom is -0.403 e. The van der Waals surface area contributed by atoms with E-state index in [0.717, 1.165) is 5.56 Å². The second-order valence-electron chi connectivity index (χ2n) is 6.29. The average molecular weight is 391 g/mol. The molecule has 0 aliphatic heterocycles. The number of anilines is 1. The molecule has 138 valence electrons. The number of aromatic nitrogens is 1. The van der Waals surface area contributed by atoms with Crippen LogP contribution in [0.3, 0.4) is 0 Å². The van der Waals surface area contributed by atoms with Crippen molar-refractivity contribution in [1.29, 1.82) is 0 Å². The normalized spacial score (nSPS) is 10.8. The van der Waals surface area contributed by atoms with E-state index in [-0.39, 0.29) is 11.8 Å². The second-order valence-corrected chi connectivity index (χ2v) is 6.69. The first-order valence-corrected chi connectivity index (χ1v) is 8.97. The molecule has 0 bridgehead atoms. The number of rotatable bonds is 3. The zero-order chi connectivity index (χ0) is 19.7. The quantitative estimate of drug-likeness (QED) is 0.530. The van der Waals surface area contributed by atoms with Crippen molar-refractivity contribution in [3.8, 4) is 11.5 Å². The van der Waals surface area contributed by atoms with Crippen molar-refractivity contribution in [2.45, 2.75) is 6.92 Å². The van der Waals surface area contributed by atoms with Crippen LogP contribution < -0.4 is 10.9 Å². The molecule has 4 aromatic rings. The smallest absolute Gasteiger partial charge is 0.347 e. The minimum absolute atomic E-state index is 0.232. The van der Waals surface area contributed by atoms with E-state index in [2.05, 4.69) is 10.3 Å². The molecule has 5 nitrogen and oxygen atoms in total. The van der Waals surface area contributed by atoms with E-state index in [1.165, 1.54) is 0 Å². The van der Waals surface area contributed by atoms with Crippen molar-refractivity contribution in [2.75, 3.05) is 5.32 Å². The molecule has 3 aromatic carbocycles.